The molecular formula is C27H34F3N5O2. The Bertz CT molecular complexity index is 1070. The van der Waals surface area contributed by atoms with Crippen LogP contribution >= 0.6 is 0 Å². The molecule has 10 heteroatoms. The van der Waals surface area contributed by atoms with E-state index < -0.39 is 17.5 Å². The first-order chi connectivity index (χ1) is 17.7. The van der Waals surface area contributed by atoms with Crippen molar-refractivity contribution < 1.29 is 23.1 Å². The van der Waals surface area contributed by atoms with E-state index in [0.717, 1.165) is 69.7 Å². The fourth-order valence-corrected chi connectivity index (χ4v) is 6.27. The molecule has 7 nitrogen and oxygen atoms in total. The van der Waals surface area contributed by atoms with Crippen LogP contribution < -0.4 is 4.90 Å². The van der Waals surface area contributed by atoms with Crippen molar-refractivity contribution in [1.29, 1.82) is 0 Å². The van der Waals surface area contributed by atoms with Gasteiger partial charge >= 0.3 is 6.18 Å². The summed E-state index contributed by atoms with van der Waals surface area (Å²) in [6, 6.07) is 6.66. The lowest BCUT2D eigenvalue weighted by Crippen LogP contribution is -2.42. The average Bonchev–Trinajstić information content (AvgIpc) is 3.38. The smallest absolute Gasteiger partial charge is 0.384 e. The van der Waals surface area contributed by atoms with Crippen LogP contribution in [0.4, 0.5) is 19.0 Å². The Kier molecular flexibility index (Phi) is 7.38. The predicted octanol–water partition coefficient (Wildman–Crippen LogP) is 4.42. The molecule has 2 aromatic rings. The number of nitrogens with zero attached hydrogens (tertiary/aromatic N) is 5. The van der Waals surface area contributed by atoms with Gasteiger partial charge in [-0.2, -0.15) is 13.2 Å². The Balaban J connectivity index is 1.07. The normalized spacial score (nSPS) is 27.5. The molecular weight excluding hydrogens is 483 g/mol. The Morgan fingerprint density at radius 2 is 1.76 bits per heavy atom. The van der Waals surface area contributed by atoms with Gasteiger partial charge < -0.3 is 14.9 Å². The van der Waals surface area contributed by atoms with Gasteiger partial charge in [0.2, 0.25) is 5.91 Å². The number of hydrogen-bond acceptors (Lipinski definition) is 6. The minimum Gasteiger partial charge on any atom is -0.384 e. The quantitative estimate of drug-likeness (QED) is 0.632. The number of anilines is 1. The predicted molar refractivity (Wildman–Crippen MR) is 131 cm³/mol. The van der Waals surface area contributed by atoms with Crippen molar-refractivity contribution in [2.75, 3.05) is 31.1 Å². The largest absolute Gasteiger partial charge is 0.433 e. The summed E-state index contributed by atoms with van der Waals surface area (Å²) in [4.78, 5) is 28.7. The van der Waals surface area contributed by atoms with Crippen molar-refractivity contribution in [3.05, 3.63) is 48.2 Å². The zero-order valence-corrected chi connectivity index (χ0v) is 20.9. The number of pyridine rings is 1. The van der Waals surface area contributed by atoms with Gasteiger partial charge in [-0.25, -0.2) is 9.97 Å². The van der Waals surface area contributed by atoms with Gasteiger partial charge in [0, 0.05) is 44.4 Å². The van der Waals surface area contributed by atoms with E-state index >= 15 is 0 Å². The minimum absolute atomic E-state index is 0.0954. The highest BCUT2D eigenvalue weighted by Crippen LogP contribution is 2.41. The molecule has 200 valence electrons. The zero-order valence-electron chi connectivity index (χ0n) is 20.9. The molecule has 3 aliphatic rings. The Hall–Kier alpha value is -2.75. The van der Waals surface area contributed by atoms with E-state index in [-0.39, 0.29) is 17.6 Å². The van der Waals surface area contributed by atoms with Crippen LogP contribution in [0, 0.1) is 17.8 Å². The summed E-state index contributed by atoms with van der Waals surface area (Å²) in [7, 11) is 0. The maximum Gasteiger partial charge on any atom is 0.433 e. The molecule has 0 bridgehead atoms. The molecule has 2 aliphatic heterocycles. The van der Waals surface area contributed by atoms with Crippen LogP contribution in [0.5, 0.6) is 0 Å². The van der Waals surface area contributed by atoms with E-state index in [1.807, 2.05) is 28.0 Å². The van der Waals surface area contributed by atoms with Crippen molar-refractivity contribution in [2.45, 2.75) is 63.1 Å². The van der Waals surface area contributed by atoms with Crippen molar-refractivity contribution in [3.8, 4) is 0 Å². The number of likely N-dealkylation sites (tertiary alicyclic amines) is 1. The third-order valence-electron chi connectivity index (χ3n) is 8.45. The van der Waals surface area contributed by atoms with Crippen molar-refractivity contribution in [2.24, 2.45) is 17.8 Å². The van der Waals surface area contributed by atoms with Crippen LogP contribution in [0.1, 0.15) is 62.8 Å². The molecule has 1 atom stereocenters. The van der Waals surface area contributed by atoms with Gasteiger partial charge in [-0.15, -0.1) is 0 Å². The molecule has 37 heavy (non-hydrogen) atoms. The number of halogens is 3. The molecule has 2 saturated heterocycles. The number of carbonyl (C=O) groups is 1. The van der Waals surface area contributed by atoms with Crippen LogP contribution in [-0.4, -0.2) is 57.0 Å². The van der Waals surface area contributed by atoms with E-state index in [1.165, 1.54) is 0 Å². The van der Waals surface area contributed by atoms with Crippen LogP contribution in [0.2, 0.25) is 0 Å². The summed E-state index contributed by atoms with van der Waals surface area (Å²) in [5.74, 6) is 1.38. The fraction of sp³-hybridized carbons (Fsp3) is 0.630. The van der Waals surface area contributed by atoms with E-state index in [9.17, 15) is 23.1 Å². The maximum absolute atomic E-state index is 13.2. The lowest BCUT2D eigenvalue weighted by Gasteiger charge is -2.36. The number of alkyl halides is 3. The van der Waals surface area contributed by atoms with E-state index in [2.05, 4.69) is 15.0 Å². The van der Waals surface area contributed by atoms with Gasteiger partial charge in [-0.05, 0) is 75.3 Å². The van der Waals surface area contributed by atoms with E-state index in [1.54, 1.807) is 6.20 Å². The molecule has 1 aliphatic carbocycles. The third-order valence-corrected chi connectivity index (χ3v) is 8.45. The summed E-state index contributed by atoms with van der Waals surface area (Å²) >= 11 is 0. The lowest BCUT2D eigenvalue weighted by molar-refractivity contribution is -0.141. The van der Waals surface area contributed by atoms with Gasteiger partial charge in [0.1, 0.15) is 23.4 Å². The molecule has 1 N–H and O–H groups in total. The SMILES string of the molecule is O=C(C1CCN(c2cc(C(F)(F)F)ncn2)CC1)N1CCC(CC2CCC(O)(c3ccccn3)CC2)C1. The number of piperidine rings is 1. The Labute approximate surface area is 215 Å². The van der Waals surface area contributed by atoms with Gasteiger partial charge in [-0.3, -0.25) is 9.78 Å². The number of aliphatic hydroxyl groups is 1. The number of aromatic nitrogens is 3. The highest BCUT2D eigenvalue weighted by atomic mass is 19.4. The van der Waals surface area contributed by atoms with Gasteiger partial charge in [0.05, 0.1) is 5.69 Å². The molecule has 1 saturated carbocycles. The molecule has 2 aromatic heterocycles. The first kappa shape index (κ1) is 25.9. The molecule has 0 aromatic carbocycles. The Morgan fingerprint density at radius 1 is 1.00 bits per heavy atom. The standard InChI is InChI=1S/C27H34F3N5O2/c28-27(29,30)23-16-24(33-18-32-23)34-13-7-21(8-14-34)25(36)35-12-6-20(17-35)15-19-4-9-26(37,10-5-19)22-3-1-2-11-31-22/h1-3,11,16,18-21,37H,4-10,12-15,17H2. The minimum atomic E-state index is -4.50. The second-order valence-electron chi connectivity index (χ2n) is 10.9. The van der Waals surface area contributed by atoms with Gasteiger partial charge in [0.25, 0.3) is 0 Å². The summed E-state index contributed by atoms with van der Waals surface area (Å²) in [6.45, 7) is 2.56. The topological polar surface area (TPSA) is 82.5 Å². The highest BCUT2D eigenvalue weighted by Gasteiger charge is 2.39. The number of hydrogen-bond donors (Lipinski definition) is 1. The molecule has 0 spiro atoms. The number of amides is 1. The highest BCUT2D eigenvalue weighted by molar-refractivity contribution is 5.79. The molecule has 1 unspecified atom stereocenters. The van der Waals surface area contributed by atoms with E-state index in [0.29, 0.717) is 37.8 Å². The summed E-state index contributed by atoms with van der Waals surface area (Å²) in [5, 5.41) is 11.0. The maximum atomic E-state index is 13.2. The number of rotatable bonds is 5. The lowest BCUT2D eigenvalue weighted by atomic mass is 9.74. The van der Waals surface area contributed by atoms with Gasteiger partial charge in [-0.1, -0.05) is 6.07 Å². The first-order valence-electron chi connectivity index (χ1n) is 13.3. The Morgan fingerprint density at radius 3 is 2.43 bits per heavy atom. The first-order valence-corrected chi connectivity index (χ1v) is 13.3. The second-order valence-corrected chi connectivity index (χ2v) is 10.9. The molecule has 0 radical (unpaired) electrons. The van der Waals surface area contributed by atoms with Crippen LogP contribution in [0.25, 0.3) is 0 Å². The van der Waals surface area contributed by atoms with Crippen LogP contribution in [0.3, 0.4) is 0 Å². The fourth-order valence-electron chi connectivity index (χ4n) is 6.27. The molecule has 1 amide bonds. The monoisotopic (exact) mass is 517 g/mol. The van der Waals surface area contributed by atoms with Crippen molar-refractivity contribution in [1.82, 2.24) is 19.9 Å². The van der Waals surface area contributed by atoms with Crippen LogP contribution in [-0.2, 0) is 16.6 Å². The summed E-state index contributed by atoms with van der Waals surface area (Å²) in [6.07, 6.45) is 4.86. The molecule has 3 fully saturated rings. The molecule has 4 heterocycles. The summed E-state index contributed by atoms with van der Waals surface area (Å²) in [5.41, 5.74) is -1.01. The second kappa shape index (κ2) is 10.6. The van der Waals surface area contributed by atoms with Crippen molar-refractivity contribution in [3.63, 3.8) is 0 Å². The van der Waals surface area contributed by atoms with E-state index in [4.69, 9.17) is 0 Å². The number of carbonyl (C=O) groups excluding carboxylic acids is 1. The summed E-state index contributed by atoms with van der Waals surface area (Å²) < 4.78 is 39.0. The van der Waals surface area contributed by atoms with Crippen LogP contribution in [0.15, 0.2) is 36.8 Å². The zero-order chi connectivity index (χ0) is 26.0. The molecule has 5 rings (SSSR count). The third kappa shape index (κ3) is 5.89. The van der Waals surface area contributed by atoms with Gasteiger partial charge in [0.15, 0.2) is 0 Å². The van der Waals surface area contributed by atoms with Crippen molar-refractivity contribution >= 4 is 11.7 Å². The average molecular weight is 518 g/mol.